The van der Waals surface area contributed by atoms with E-state index in [0.29, 0.717) is 12.3 Å². The zero-order chi connectivity index (χ0) is 11.4. The van der Waals surface area contributed by atoms with Gasteiger partial charge in [-0.2, -0.15) is 0 Å². The topological polar surface area (TPSA) is 45.2 Å². The smallest absolute Gasteiger partial charge is 0.115 e. The summed E-state index contributed by atoms with van der Waals surface area (Å²) in [6, 6.07) is 11.1. The average molecular weight is 214 g/mol. The Hall–Kier alpha value is -2.03. The molecule has 0 radical (unpaired) electrons. The van der Waals surface area contributed by atoms with Crippen LogP contribution in [-0.2, 0) is 6.54 Å². The van der Waals surface area contributed by atoms with E-state index in [9.17, 15) is 5.11 Å². The summed E-state index contributed by atoms with van der Waals surface area (Å²) in [6.07, 6.45) is 1.77. The molecule has 0 spiro atoms. The van der Waals surface area contributed by atoms with Crippen molar-refractivity contribution in [3.8, 4) is 5.75 Å². The molecule has 2 N–H and O–H groups in total. The number of nitrogens with one attached hydrogen (secondary N) is 1. The van der Waals surface area contributed by atoms with Crippen LogP contribution in [0.1, 0.15) is 11.3 Å². The Bertz CT molecular complexity index is 483. The molecule has 1 aromatic heterocycles. The molecule has 0 saturated heterocycles. The number of hydrogen-bond donors (Lipinski definition) is 2. The van der Waals surface area contributed by atoms with Gasteiger partial charge in [-0.3, -0.25) is 4.98 Å². The lowest BCUT2D eigenvalue weighted by molar-refractivity contribution is 0.474. The monoisotopic (exact) mass is 214 g/mol. The van der Waals surface area contributed by atoms with Gasteiger partial charge in [0.1, 0.15) is 5.75 Å². The predicted octanol–water partition coefficient (Wildman–Crippen LogP) is 2.71. The van der Waals surface area contributed by atoms with E-state index in [1.807, 2.05) is 31.2 Å². The lowest BCUT2D eigenvalue weighted by atomic mass is 10.2. The first kappa shape index (κ1) is 10.5. The van der Waals surface area contributed by atoms with Crippen LogP contribution in [0, 0.1) is 6.92 Å². The van der Waals surface area contributed by atoms with Crippen LogP contribution >= 0.6 is 0 Å². The van der Waals surface area contributed by atoms with Crippen molar-refractivity contribution in [2.24, 2.45) is 0 Å². The van der Waals surface area contributed by atoms with E-state index in [2.05, 4.69) is 10.3 Å². The second-order valence-electron chi connectivity index (χ2n) is 3.66. The summed E-state index contributed by atoms with van der Waals surface area (Å²) < 4.78 is 0. The summed E-state index contributed by atoms with van der Waals surface area (Å²) in [5.41, 5.74) is 3.04. The maximum Gasteiger partial charge on any atom is 0.115 e. The second kappa shape index (κ2) is 4.66. The maximum absolute atomic E-state index is 9.32. The summed E-state index contributed by atoms with van der Waals surface area (Å²) >= 11 is 0. The van der Waals surface area contributed by atoms with Gasteiger partial charge in [-0.25, -0.2) is 0 Å². The van der Waals surface area contributed by atoms with E-state index in [4.69, 9.17) is 0 Å². The quantitative estimate of drug-likeness (QED) is 0.825. The number of aryl methyl sites for hydroxylation is 1. The molecule has 16 heavy (non-hydrogen) atoms. The average Bonchev–Trinajstić information content (AvgIpc) is 2.28. The van der Waals surface area contributed by atoms with Crippen LogP contribution in [0.3, 0.4) is 0 Å². The number of phenolic OH excluding ortho intramolecular Hbond substituents is 1. The van der Waals surface area contributed by atoms with Crippen LogP contribution in [0.2, 0.25) is 0 Å². The highest BCUT2D eigenvalue weighted by atomic mass is 16.3. The van der Waals surface area contributed by atoms with Crippen molar-refractivity contribution in [1.82, 2.24) is 4.98 Å². The molecule has 0 saturated carbocycles. The van der Waals surface area contributed by atoms with Crippen molar-refractivity contribution in [3.63, 3.8) is 0 Å². The molecule has 1 aromatic carbocycles. The van der Waals surface area contributed by atoms with E-state index in [0.717, 1.165) is 16.9 Å². The summed E-state index contributed by atoms with van der Waals surface area (Å²) in [5, 5.41) is 12.6. The molecule has 0 atom stereocenters. The summed E-state index contributed by atoms with van der Waals surface area (Å²) in [6.45, 7) is 2.64. The van der Waals surface area contributed by atoms with Gasteiger partial charge in [0.05, 0.1) is 11.4 Å². The van der Waals surface area contributed by atoms with E-state index >= 15 is 0 Å². The molecule has 0 bridgehead atoms. The molecule has 2 rings (SSSR count). The fraction of sp³-hybridized carbons (Fsp3) is 0.154. The molecule has 0 aliphatic rings. The van der Waals surface area contributed by atoms with Gasteiger partial charge < -0.3 is 10.4 Å². The van der Waals surface area contributed by atoms with Gasteiger partial charge in [-0.05, 0) is 36.8 Å². The Balaban J connectivity index is 2.05. The molecule has 3 heteroatoms. The number of rotatable bonds is 3. The van der Waals surface area contributed by atoms with Crippen LogP contribution in [0.5, 0.6) is 5.75 Å². The van der Waals surface area contributed by atoms with E-state index in [1.165, 1.54) is 0 Å². The maximum atomic E-state index is 9.32. The first-order valence-electron chi connectivity index (χ1n) is 5.19. The predicted molar refractivity (Wildman–Crippen MR) is 64.4 cm³/mol. The Kier molecular flexibility index (Phi) is 3.05. The Morgan fingerprint density at radius 3 is 2.88 bits per heavy atom. The lowest BCUT2D eigenvalue weighted by Crippen LogP contribution is -2.01. The van der Waals surface area contributed by atoms with E-state index in [1.54, 1.807) is 18.3 Å². The summed E-state index contributed by atoms with van der Waals surface area (Å²) in [5.74, 6) is 0.294. The Morgan fingerprint density at radius 1 is 1.25 bits per heavy atom. The molecule has 3 nitrogen and oxygen atoms in total. The lowest BCUT2D eigenvalue weighted by Gasteiger charge is -2.08. The molecule has 82 valence electrons. The third-order valence-electron chi connectivity index (χ3n) is 2.40. The third kappa shape index (κ3) is 2.51. The molecule has 0 unspecified atom stereocenters. The normalized spacial score (nSPS) is 10.1. The van der Waals surface area contributed by atoms with Crippen molar-refractivity contribution in [2.45, 2.75) is 13.5 Å². The molecule has 0 aliphatic heterocycles. The van der Waals surface area contributed by atoms with Crippen LogP contribution in [0.25, 0.3) is 0 Å². The fourth-order valence-electron chi connectivity index (χ4n) is 1.53. The van der Waals surface area contributed by atoms with Gasteiger partial charge in [0.2, 0.25) is 0 Å². The first-order chi connectivity index (χ1) is 7.75. The molecular weight excluding hydrogens is 200 g/mol. The van der Waals surface area contributed by atoms with Crippen molar-refractivity contribution in [1.29, 1.82) is 0 Å². The van der Waals surface area contributed by atoms with Gasteiger partial charge in [0.15, 0.2) is 0 Å². The minimum absolute atomic E-state index is 0.294. The van der Waals surface area contributed by atoms with E-state index in [-0.39, 0.29) is 0 Å². The largest absolute Gasteiger partial charge is 0.508 e. The zero-order valence-corrected chi connectivity index (χ0v) is 9.14. The molecule has 2 aromatic rings. The van der Waals surface area contributed by atoms with Gasteiger partial charge in [-0.1, -0.05) is 12.1 Å². The number of aromatic hydroxyl groups is 1. The third-order valence-corrected chi connectivity index (χ3v) is 2.40. The standard InChI is InChI=1S/C13H14N2O/c1-10-13(6-3-7-14-10)15-9-11-4-2-5-12(16)8-11/h2-8,15-16H,9H2,1H3. The number of benzene rings is 1. The van der Waals surface area contributed by atoms with Crippen LogP contribution in [-0.4, -0.2) is 10.1 Å². The molecule has 1 heterocycles. The van der Waals surface area contributed by atoms with Crippen LogP contribution in [0.15, 0.2) is 42.6 Å². The van der Waals surface area contributed by atoms with Crippen LogP contribution in [0.4, 0.5) is 5.69 Å². The molecule has 0 fully saturated rings. The van der Waals surface area contributed by atoms with Crippen LogP contribution < -0.4 is 5.32 Å². The number of pyridine rings is 1. The zero-order valence-electron chi connectivity index (χ0n) is 9.14. The number of aromatic nitrogens is 1. The molecular formula is C13H14N2O. The molecule has 0 amide bonds. The van der Waals surface area contributed by atoms with Crippen molar-refractivity contribution in [3.05, 3.63) is 53.9 Å². The Labute approximate surface area is 94.8 Å². The number of hydrogen-bond acceptors (Lipinski definition) is 3. The summed E-state index contributed by atoms with van der Waals surface area (Å²) in [7, 11) is 0. The Morgan fingerprint density at radius 2 is 2.12 bits per heavy atom. The second-order valence-corrected chi connectivity index (χ2v) is 3.66. The SMILES string of the molecule is Cc1ncccc1NCc1cccc(O)c1. The highest BCUT2D eigenvalue weighted by molar-refractivity contribution is 5.47. The molecule has 0 aliphatic carbocycles. The number of nitrogens with zero attached hydrogens (tertiary/aromatic N) is 1. The first-order valence-corrected chi connectivity index (χ1v) is 5.19. The minimum Gasteiger partial charge on any atom is -0.508 e. The fourth-order valence-corrected chi connectivity index (χ4v) is 1.53. The number of phenols is 1. The minimum atomic E-state index is 0.294. The highest BCUT2D eigenvalue weighted by Gasteiger charge is 1.98. The van der Waals surface area contributed by atoms with Gasteiger partial charge in [0, 0.05) is 12.7 Å². The van der Waals surface area contributed by atoms with Crippen molar-refractivity contribution >= 4 is 5.69 Å². The van der Waals surface area contributed by atoms with Crippen molar-refractivity contribution in [2.75, 3.05) is 5.32 Å². The summed E-state index contributed by atoms with van der Waals surface area (Å²) in [4.78, 5) is 4.20. The van der Waals surface area contributed by atoms with Gasteiger partial charge in [0.25, 0.3) is 0 Å². The number of anilines is 1. The van der Waals surface area contributed by atoms with Crippen molar-refractivity contribution < 1.29 is 5.11 Å². The van der Waals surface area contributed by atoms with Gasteiger partial charge in [-0.15, -0.1) is 0 Å². The van der Waals surface area contributed by atoms with E-state index < -0.39 is 0 Å². The van der Waals surface area contributed by atoms with Gasteiger partial charge >= 0.3 is 0 Å². The highest BCUT2D eigenvalue weighted by Crippen LogP contribution is 2.15.